The first-order valence-electron chi connectivity index (χ1n) is 10.8. The molecule has 0 saturated carbocycles. The van der Waals surface area contributed by atoms with Crippen LogP contribution in [0.5, 0.6) is 5.75 Å². The summed E-state index contributed by atoms with van der Waals surface area (Å²) < 4.78 is 6.10. The van der Waals surface area contributed by atoms with Crippen LogP contribution >= 0.6 is 23.4 Å². The summed E-state index contributed by atoms with van der Waals surface area (Å²) in [7, 11) is 0. The number of thioether (sulfide) groups is 1. The third-order valence-electron chi connectivity index (χ3n) is 5.57. The van der Waals surface area contributed by atoms with Crippen LogP contribution in [0.2, 0.25) is 5.02 Å². The van der Waals surface area contributed by atoms with Crippen molar-refractivity contribution in [2.75, 3.05) is 0 Å². The minimum Gasteiger partial charge on any atom is -0.488 e. The Bertz CT molecular complexity index is 1430. The quantitative estimate of drug-likeness (QED) is 0.269. The second kappa shape index (κ2) is 9.75. The van der Waals surface area contributed by atoms with Gasteiger partial charge in [0, 0.05) is 10.6 Å². The van der Waals surface area contributed by atoms with E-state index in [-0.39, 0.29) is 17.7 Å². The third kappa shape index (κ3) is 4.72. The molecule has 0 bridgehead atoms. The maximum Gasteiger partial charge on any atom is 0.293 e. The Balaban J connectivity index is 1.34. The van der Waals surface area contributed by atoms with E-state index < -0.39 is 0 Å². The summed E-state index contributed by atoms with van der Waals surface area (Å²) in [6.07, 6.45) is 1.72. The van der Waals surface area contributed by atoms with E-state index >= 15 is 0 Å². The van der Waals surface area contributed by atoms with Gasteiger partial charge < -0.3 is 4.74 Å². The molecule has 2 amide bonds. The van der Waals surface area contributed by atoms with Gasteiger partial charge in [0.15, 0.2) is 0 Å². The van der Waals surface area contributed by atoms with Crippen molar-refractivity contribution in [1.29, 1.82) is 0 Å². The Hall–Kier alpha value is -3.54. The Labute approximate surface area is 206 Å². The Morgan fingerprint density at radius 2 is 1.59 bits per heavy atom. The summed E-state index contributed by atoms with van der Waals surface area (Å²) in [6.45, 7) is 0.533. The molecule has 34 heavy (non-hydrogen) atoms. The van der Waals surface area contributed by atoms with E-state index in [0.29, 0.717) is 22.3 Å². The van der Waals surface area contributed by atoms with E-state index in [4.69, 9.17) is 16.3 Å². The summed E-state index contributed by atoms with van der Waals surface area (Å²) >= 11 is 7.14. The standard InChI is InChI=1S/C28H20ClNO3S/c29-24-11-5-3-10-23(24)17-30-27(31)26(34-28(30)32)16-22-9-4-6-12-25(22)33-18-19-13-14-20-7-1-2-8-21(20)15-19/h1-16H,17-18H2/b26-16-. The molecule has 168 valence electrons. The highest BCUT2D eigenvalue weighted by Gasteiger charge is 2.35. The Morgan fingerprint density at radius 1 is 0.853 bits per heavy atom. The zero-order chi connectivity index (χ0) is 23.5. The number of para-hydroxylation sites is 1. The Morgan fingerprint density at radius 3 is 2.44 bits per heavy atom. The number of ether oxygens (including phenoxy) is 1. The lowest BCUT2D eigenvalue weighted by Gasteiger charge is -2.13. The van der Waals surface area contributed by atoms with E-state index in [9.17, 15) is 9.59 Å². The second-order valence-corrected chi connectivity index (χ2v) is 9.27. The van der Waals surface area contributed by atoms with E-state index in [1.54, 1.807) is 12.1 Å². The van der Waals surface area contributed by atoms with Gasteiger partial charge in [0.1, 0.15) is 12.4 Å². The molecule has 1 saturated heterocycles. The molecule has 4 aromatic carbocycles. The van der Waals surface area contributed by atoms with Gasteiger partial charge in [-0.1, -0.05) is 84.4 Å². The predicted octanol–water partition coefficient (Wildman–Crippen LogP) is 7.31. The number of halogens is 1. The van der Waals surface area contributed by atoms with Crippen LogP contribution in [0.4, 0.5) is 4.79 Å². The topological polar surface area (TPSA) is 46.6 Å². The number of hydrogen-bond donors (Lipinski definition) is 0. The molecule has 4 nitrogen and oxygen atoms in total. The number of nitrogens with zero attached hydrogens (tertiary/aromatic N) is 1. The van der Waals surface area contributed by atoms with Crippen LogP contribution in [0.25, 0.3) is 16.8 Å². The van der Waals surface area contributed by atoms with Gasteiger partial charge in [-0.2, -0.15) is 0 Å². The lowest BCUT2D eigenvalue weighted by Crippen LogP contribution is -2.27. The highest BCUT2D eigenvalue weighted by molar-refractivity contribution is 8.18. The van der Waals surface area contributed by atoms with E-state index in [2.05, 4.69) is 24.3 Å². The fraction of sp³-hybridized carbons (Fsp3) is 0.0714. The number of carbonyl (C=O) groups is 2. The van der Waals surface area contributed by atoms with Crippen molar-refractivity contribution >= 4 is 51.4 Å². The molecule has 4 aromatic rings. The number of amides is 2. The molecular weight excluding hydrogens is 466 g/mol. The molecule has 0 aromatic heterocycles. The molecule has 0 spiro atoms. The number of imide groups is 1. The van der Waals surface area contributed by atoms with Gasteiger partial charge in [-0.05, 0) is 57.9 Å². The molecule has 0 aliphatic carbocycles. The van der Waals surface area contributed by atoms with Crippen molar-refractivity contribution in [3.8, 4) is 5.75 Å². The van der Waals surface area contributed by atoms with Crippen molar-refractivity contribution < 1.29 is 14.3 Å². The van der Waals surface area contributed by atoms with Crippen molar-refractivity contribution in [3.63, 3.8) is 0 Å². The zero-order valence-electron chi connectivity index (χ0n) is 18.1. The van der Waals surface area contributed by atoms with Crippen molar-refractivity contribution in [3.05, 3.63) is 118 Å². The monoisotopic (exact) mass is 485 g/mol. The molecule has 0 radical (unpaired) electrons. The zero-order valence-corrected chi connectivity index (χ0v) is 19.7. The van der Waals surface area contributed by atoms with E-state index in [1.165, 1.54) is 10.3 Å². The fourth-order valence-electron chi connectivity index (χ4n) is 3.80. The summed E-state index contributed by atoms with van der Waals surface area (Å²) in [5.74, 6) is 0.313. The average Bonchev–Trinajstić information content (AvgIpc) is 3.12. The molecule has 0 unspecified atom stereocenters. The molecule has 0 N–H and O–H groups in total. The SMILES string of the molecule is O=C1S/C(=C\c2ccccc2OCc2ccc3ccccc3c2)C(=O)N1Cc1ccccc1Cl. The van der Waals surface area contributed by atoms with Crippen LogP contribution in [0.3, 0.4) is 0 Å². The first-order chi connectivity index (χ1) is 16.6. The van der Waals surface area contributed by atoms with Gasteiger partial charge in [0.05, 0.1) is 11.4 Å². The fourth-order valence-corrected chi connectivity index (χ4v) is 4.82. The molecule has 1 fully saturated rings. The van der Waals surface area contributed by atoms with Crippen molar-refractivity contribution in [2.24, 2.45) is 0 Å². The van der Waals surface area contributed by atoms with E-state index in [0.717, 1.165) is 33.8 Å². The molecule has 6 heteroatoms. The van der Waals surface area contributed by atoms with Gasteiger partial charge in [-0.15, -0.1) is 0 Å². The van der Waals surface area contributed by atoms with Crippen LogP contribution in [0.15, 0.2) is 95.9 Å². The lowest BCUT2D eigenvalue weighted by atomic mass is 10.1. The molecule has 0 atom stereocenters. The van der Waals surface area contributed by atoms with Crippen LogP contribution < -0.4 is 4.74 Å². The lowest BCUT2D eigenvalue weighted by molar-refractivity contribution is -0.123. The average molecular weight is 486 g/mol. The largest absolute Gasteiger partial charge is 0.488 e. The minimum absolute atomic E-state index is 0.141. The highest BCUT2D eigenvalue weighted by Crippen LogP contribution is 2.35. The van der Waals surface area contributed by atoms with Crippen LogP contribution in [0, 0.1) is 0 Å². The predicted molar refractivity (Wildman–Crippen MR) is 138 cm³/mol. The van der Waals surface area contributed by atoms with Crippen LogP contribution in [0.1, 0.15) is 16.7 Å². The number of benzene rings is 4. The maximum atomic E-state index is 13.0. The molecule has 1 aliphatic heterocycles. The van der Waals surface area contributed by atoms with Gasteiger partial charge >= 0.3 is 0 Å². The first kappa shape index (κ1) is 22.3. The van der Waals surface area contributed by atoms with Crippen LogP contribution in [-0.2, 0) is 17.9 Å². The smallest absolute Gasteiger partial charge is 0.293 e. The van der Waals surface area contributed by atoms with E-state index in [1.807, 2.05) is 60.7 Å². The van der Waals surface area contributed by atoms with Gasteiger partial charge in [0.25, 0.3) is 11.1 Å². The minimum atomic E-state index is -0.334. The Kier molecular flexibility index (Phi) is 6.39. The molecule has 1 aliphatic rings. The molecule has 1 heterocycles. The maximum absolute atomic E-state index is 13.0. The van der Waals surface area contributed by atoms with Gasteiger partial charge in [0.2, 0.25) is 0 Å². The van der Waals surface area contributed by atoms with Crippen molar-refractivity contribution in [1.82, 2.24) is 4.90 Å². The summed E-state index contributed by atoms with van der Waals surface area (Å²) in [4.78, 5) is 27.1. The summed E-state index contributed by atoms with van der Waals surface area (Å²) in [5.41, 5.74) is 2.52. The summed E-state index contributed by atoms with van der Waals surface area (Å²) in [6, 6.07) is 29.1. The van der Waals surface area contributed by atoms with Crippen molar-refractivity contribution in [2.45, 2.75) is 13.2 Å². The summed E-state index contributed by atoms with van der Waals surface area (Å²) in [5, 5.41) is 2.55. The third-order valence-corrected chi connectivity index (χ3v) is 6.85. The highest BCUT2D eigenvalue weighted by atomic mass is 35.5. The van der Waals surface area contributed by atoms with Gasteiger partial charge in [-0.25, -0.2) is 0 Å². The second-order valence-electron chi connectivity index (χ2n) is 7.87. The van der Waals surface area contributed by atoms with Crippen LogP contribution in [-0.4, -0.2) is 16.0 Å². The molecule has 5 rings (SSSR count). The first-order valence-corrected chi connectivity index (χ1v) is 12.0. The number of rotatable bonds is 6. The number of fused-ring (bicyclic) bond motifs is 1. The number of carbonyl (C=O) groups excluding carboxylic acids is 2. The normalized spacial score (nSPS) is 14.9. The number of hydrogen-bond acceptors (Lipinski definition) is 4. The van der Waals surface area contributed by atoms with Gasteiger partial charge in [-0.3, -0.25) is 14.5 Å². The molecular formula is C28H20ClNO3S.